The molecule has 0 aliphatic carbocycles. The molecular formula is C18H31IN4OS. The molecule has 1 amide bonds. The van der Waals surface area contributed by atoms with Crippen LogP contribution in [0.25, 0.3) is 0 Å². The first-order valence-corrected chi connectivity index (χ1v) is 9.75. The van der Waals surface area contributed by atoms with E-state index in [0.29, 0.717) is 5.91 Å². The van der Waals surface area contributed by atoms with Gasteiger partial charge in [0.15, 0.2) is 5.96 Å². The highest BCUT2D eigenvalue weighted by Crippen LogP contribution is 2.27. The predicted molar refractivity (Wildman–Crippen MR) is 117 cm³/mol. The fraction of sp³-hybridized carbons (Fsp3) is 0.667. The summed E-state index contributed by atoms with van der Waals surface area (Å²) in [6.07, 6.45) is 2.67. The summed E-state index contributed by atoms with van der Waals surface area (Å²) >= 11 is 1.78. The van der Waals surface area contributed by atoms with Crippen LogP contribution in [0, 0.1) is 0 Å². The van der Waals surface area contributed by atoms with E-state index in [4.69, 9.17) is 4.99 Å². The lowest BCUT2D eigenvalue weighted by atomic mass is 9.92. The van der Waals surface area contributed by atoms with Crippen molar-refractivity contribution >= 4 is 47.2 Å². The van der Waals surface area contributed by atoms with E-state index >= 15 is 0 Å². The number of carbonyl (C=O) groups excluding carboxylic acids is 1. The van der Waals surface area contributed by atoms with Crippen molar-refractivity contribution in [3.63, 3.8) is 0 Å². The molecule has 0 unspecified atom stereocenters. The SMILES string of the molecule is CCNC(=NCC(C)(C)c1cccs1)NCCCN1CCCC1=O.I. The lowest BCUT2D eigenvalue weighted by Crippen LogP contribution is -2.39. The normalized spacial score (nSPS) is 15.2. The summed E-state index contributed by atoms with van der Waals surface area (Å²) in [4.78, 5) is 19.7. The molecule has 142 valence electrons. The lowest BCUT2D eigenvalue weighted by Gasteiger charge is -2.22. The van der Waals surface area contributed by atoms with E-state index in [1.165, 1.54) is 4.88 Å². The van der Waals surface area contributed by atoms with Gasteiger partial charge in [-0.15, -0.1) is 35.3 Å². The number of carbonyl (C=O) groups is 1. The molecule has 1 aromatic heterocycles. The molecule has 0 bridgehead atoms. The highest BCUT2D eigenvalue weighted by atomic mass is 127. The minimum atomic E-state index is 0. The molecule has 1 fully saturated rings. The summed E-state index contributed by atoms with van der Waals surface area (Å²) in [5.74, 6) is 1.16. The number of amides is 1. The van der Waals surface area contributed by atoms with E-state index < -0.39 is 0 Å². The number of thiophene rings is 1. The Morgan fingerprint density at radius 1 is 1.40 bits per heavy atom. The van der Waals surface area contributed by atoms with Gasteiger partial charge in [0.1, 0.15) is 0 Å². The third kappa shape index (κ3) is 7.13. The Morgan fingerprint density at radius 2 is 2.20 bits per heavy atom. The molecule has 1 aromatic rings. The van der Waals surface area contributed by atoms with E-state index in [1.807, 2.05) is 4.90 Å². The zero-order valence-electron chi connectivity index (χ0n) is 15.5. The number of rotatable bonds is 8. The summed E-state index contributed by atoms with van der Waals surface area (Å²) in [5, 5.41) is 8.80. The maximum atomic E-state index is 11.6. The van der Waals surface area contributed by atoms with Gasteiger partial charge in [-0.25, -0.2) is 0 Å². The van der Waals surface area contributed by atoms with Gasteiger partial charge in [-0.3, -0.25) is 9.79 Å². The third-order valence-corrected chi connectivity index (χ3v) is 5.47. The van der Waals surface area contributed by atoms with E-state index in [2.05, 4.69) is 48.9 Å². The van der Waals surface area contributed by atoms with Gasteiger partial charge in [-0.2, -0.15) is 0 Å². The van der Waals surface area contributed by atoms with Crippen LogP contribution in [0.1, 0.15) is 44.9 Å². The van der Waals surface area contributed by atoms with E-state index in [-0.39, 0.29) is 29.4 Å². The number of halogens is 1. The Bertz CT molecular complexity index is 545. The molecule has 2 N–H and O–H groups in total. The summed E-state index contributed by atoms with van der Waals surface area (Å²) in [6.45, 7) is 10.7. The highest BCUT2D eigenvalue weighted by Gasteiger charge is 2.21. The molecule has 2 rings (SSSR count). The Labute approximate surface area is 172 Å². The van der Waals surface area contributed by atoms with E-state index in [0.717, 1.165) is 57.9 Å². The number of aliphatic imine (C=N–C) groups is 1. The predicted octanol–water partition coefficient (Wildman–Crippen LogP) is 3.21. The van der Waals surface area contributed by atoms with Crippen molar-refractivity contribution < 1.29 is 4.79 Å². The molecular weight excluding hydrogens is 447 g/mol. The molecule has 0 aromatic carbocycles. The second kappa shape index (κ2) is 11.0. The number of likely N-dealkylation sites (tertiary alicyclic amines) is 1. The molecule has 0 saturated carbocycles. The smallest absolute Gasteiger partial charge is 0.222 e. The van der Waals surface area contributed by atoms with Gasteiger partial charge in [0.2, 0.25) is 5.91 Å². The Morgan fingerprint density at radius 3 is 2.80 bits per heavy atom. The maximum Gasteiger partial charge on any atom is 0.222 e. The average molecular weight is 478 g/mol. The van der Waals surface area contributed by atoms with E-state index in [9.17, 15) is 4.79 Å². The van der Waals surface area contributed by atoms with Crippen LogP contribution >= 0.6 is 35.3 Å². The molecule has 25 heavy (non-hydrogen) atoms. The third-order valence-electron chi connectivity index (χ3n) is 4.23. The molecule has 0 radical (unpaired) electrons. The van der Waals surface area contributed by atoms with Gasteiger partial charge >= 0.3 is 0 Å². The van der Waals surface area contributed by atoms with Crippen LogP contribution < -0.4 is 10.6 Å². The topological polar surface area (TPSA) is 56.7 Å². The molecule has 0 atom stereocenters. The van der Waals surface area contributed by atoms with Crippen molar-refractivity contribution in [3.8, 4) is 0 Å². The minimum absolute atomic E-state index is 0. The number of nitrogens with one attached hydrogen (secondary N) is 2. The lowest BCUT2D eigenvalue weighted by molar-refractivity contribution is -0.127. The van der Waals surface area contributed by atoms with Crippen LogP contribution in [0.3, 0.4) is 0 Å². The fourth-order valence-corrected chi connectivity index (χ4v) is 3.62. The van der Waals surface area contributed by atoms with Crippen molar-refractivity contribution in [2.24, 2.45) is 4.99 Å². The molecule has 1 saturated heterocycles. The second-order valence-electron chi connectivity index (χ2n) is 6.82. The van der Waals surface area contributed by atoms with Crippen molar-refractivity contribution in [1.82, 2.24) is 15.5 Å². The van der Waals surface area contributed by atoms with Gasteiger partial charge in [0, 0.05) is 42.9 Å². The molecule has 1 aliphatic heterocycles. The molecule has 7 heteroatoms. The first-order valence-electron chi connectivity index (χ1n) is 8.87. The maximum absolute atomic E-state index is 11.6. The quantitative estimate of drug-likeness (QED) is 0.261. The van der Waals surface area contributed by atoms with Crippen molar-refractivity contribution in [2.75, 3.05) is 32.7 Å². The zero-order valence-corrected chi connectivity index (χ0v) is 18.7. The summed E-state index contributed by atoms with van der Waals surface area (Å²) < 4.78 is 0. The Kier molecular flexibility index (Phi) is 9.78. The molecule has 2 heterocycles. The minimum Gasteiger partial charge on any atom is -0.357 e. The summed E-state index contributed by atoms with van der Waals surface area (Å²) in [5.41, 5.74) is 0.0402. The van der Waals surface area contributed by atoms with Gasteiger partial charge in [0.25, 0.3) is 0 Å². The van der Waals surface area contributed by atoms with Crippen molar-refractivity contribution in [2.45, 2.75) is 45.4 Å². The highest BCUT2D eigenvalue weighted by molar-refractivity contribution is 14.0. The summed E-state index contributed by atoms with van der Waals surface area (Å²) in [7, 11) is 0. The standard InChI is InChI=1S/C18H30N4OS.HI/c1-4-19-17(20-10-7-12-22-11-5-9-16(22)23)21-14-18(2,3)15-8-6-13-24-15;/h6,8,13H,4-5,7,9-12,14H2,1-3H3,(H2,19,20,21);1H. The first kappa shape index (κ1) is 22.2. The molecule has 0 spiro atoms. The van der Waals surface area contributed by atoms with Gasteiger partial charge in [-0.05, 0) is 31.2 Å². The zero-order chi connectivity index (χ0) is 17.4. The molecule has 5 nitrogen and oxygen atoms in total. The van der Waals surface area contributed by atoms with Crippen LogP contribution in [0.15, 0.2) is 22.5 Å². The van der Waals surface area contributed by atoms with Crippen molar-refractivity contribution in [1.29, 1.82) is 0 Å². The number of guanidine groups is 1. The average Bonchev–Trinajstić information content (AvgIpc) is 3.21. The van der Waals surface area contributed by atoms with Gasteiger partial charge in [-0.1, -0.05) is 19.9 Å². The first-order chi connectivity index (χ1) is 11.5. The fourth-order valence-electron chi connectivity index (χ4n) is 2.78. The van der Waals surface area contributed by atoms with Crippen LogP contribution in [-0.2, 0) is 10.2 Å². The number of hydrogen-bond acceptors (Lipinski definition) is 3. The van der Waals surface area contributed by atoms with Crippen LogP contribution in [-0.4, -0.2) is 49.5 Å². The summed E-state index contributed by atoms with van der Waals surface area (Å²) in [6, 6.07) is 4.27. The molecule has 1 aliphatic rings. The van der Waals surface area contributed by atoms with Crippen LogP contribution in [0.2, 0.25) is 0 Å². The van der Waals surface area contributed by atoms with Gasteiger partial charge < -0.3 is 15.5 Å². The number of hydrogen-bond donors (Lipinski definition) is 2. The largest absolute Gasteiger partial charge is 0.357 e. The van der Waals surface area contributed by atoms with Gasteiger partial charge in [0.05, 0.1) is 6.54 Å². The second-order valence-corrected chi connectivity index (χ2v) is 7.77. The Hall–Kier alpha value is -0.830. The monoisotopic (exact) mass is 478 g/mol. The van der Waals surface area contributed by atoms with E-state index in [1.54, 1.807) is 11.3 Å². The number of nitrogens with zero attached hydrogens (tertiary/aromatic N) is 2. The van der Waals surface area contributed by atoms with Crippen LogP contribution in [0.4, 0.5) is 0 Å². The Balaban J connectivity index is 0.00000312. The van der Waals surface area contributed by atoms with Crippen molar-refractivity contribution in [3.05, 3.63) is 22.4 Å². The van der Waals surface area contributed by atoms with Crippen LogP contribution in [0.5, 0.6) is 0 Å².